The molecule has 2 aliphatic rings. The number of nitrogens with zero attached hydrogens (tertiary/aromatic N) is 1. The van der Waals surface area contributed by atoms with E-state index in [4.69, 9.17) is 4.74 Å². The maximum Gasteiger partial charge on any atom is 0.239 e. The summed E-state index contributed by atoms with van der Waals surface area (Å²) in [6.07, 6.45) is 1.01. The molecule has 2 aliphatic heterocycles. The van der Waals surface area contributed by atoms with Crippen molar-refractivity contribution < 1.29 is 9.53 Å². The fourth-order valence-electron chi connectivity index (χ4n) is 3.28. The maximum atomic E-state index is 12.3. The Morgan fingerprint density at radius 2 is 2.23 bits per heavy atom. The average molecular weight is 303 g/mol. The van der Waals surface area contributed by atoms with E-state index in [2.05, 4.69) is 46.7 Å². The number of rotatable bonds is 4. The Kier molecular flexibility index (Phi) is 5.08. The van der Waals surface area contributed by atoms with Crippen molar-refractivity contribution in [2.24, 2.45) is 0 Å². The number of benzene rings is 1. The fourth-order valence-corrected chi connectivity index (χ4v) is 3.28. The molecule has 22 heavy (non-hydrogen) atoms. The molecule has 5 heteroatoms. The number of hydrogen-bond donors (Lipinski definition) is 2. The predicted octanol–water partition coefficient (Wildman–Crippen LogP) is 0.754. The van der Waals surface area contributed by atoms with Gasteiger partial charge >= 0.3 is 0 Å². The molecule has 0 aliphatic carbocycles. The van der Waals surface area contributed by atoms with Gasteiger partial charge in [0, 0.05) is 31.7 Å². The zero-order valence-electron chi connectivity index (χ0n) is 13.1. The van der Waals surface area contributed by atoms with E-state index in [1.165, 1.54) is 5.56 Å². The zero-order chi connectivity index (χ0) is 15.4. The van der Waals surface area contributed by atoms with Crippen LogP contribution in [0.3, 0.4) is 0 Å². The Labute approximate surface area is 132 Å². The number of nitrogens with one attached hydrogen (secondary N) is 2. The normalized spacial score (nSPS) is 29.4. The first kappa shape index (κ1) is 15.5. The standard InChI is InChI=1S/C17H25N3O2/c1-13-9-15(19-17(21)16-12-22-8-7-18-16)11-20(13)10-14-5-3-2-4-6-14/h2-6,13,15-16,18H,7-12H2,1H3,(H,19,21). The molecule has 2 fully saturated rings. The lowest BCUT2D eigenvalue weighted by Gasteiger charge is -2.24. The lowest BCUT2D eigenvalue weighted by atomic mass is 10.1. The number of ether oxygens (including phenoxy) is 1. The SMILES string of the molecule is CC1CC(NC(=O)C2COCCN2)CN1Cc1ccccc1. The minimum atomic E-state index is -0.202. The summed E-state index contributed by atoms with van der Waals surface area (Å²) < 4.78 is 5.36. The lowest BCUT2D eigenvalue weighted by molar-refractivity contribution is -0.126. The molecule has 3 unspecified atom stereocenters. The Morgan fingerprint density at radius 1 is 1.41 bits per heavy atom. The third-order valence-corrected chi connectivity index (χ3v) is 4.52. The van der Waals surface area contributed by atoms with Crippen LogP contribution < -0.4 is 10.6 Å². The van der Waals surface area contributed by atoms with Gasteiger partial charge in [-0.05, 0) is 18.9 Å². The van der Waals surface area contributed by atoms with Crippen molar-refractivity contribution in [3.8, 4) is 0 Å². The molecule has 0 aromatic heterocycles. The average Bonchev–Trinajstić information content (AvgIpc) is 2.88. The maximum absolute atomic E-state index is 12.3. The van der Waals surface area contributed by atoms with E-state index in [1.54, 1.807) is 0 Å². The summed E-state index contributed by atoms with van der Waals surface area (Å²) in [5, 5.41) is 6.38. The summed E-state index contributed by atoms with van der Waals surface area (Å²) in [5.74, 6) is 0.0680. The van der Waals surface area contributed by atoms with Crippen LogP contribution in [0, 0.1) is 0 Å². The molecule has 0 spiro atoms. The van der Waals surface area contributed by atoms with E-state index in [0.717, 1.165) is 26.1 Å². The predicted molar refractivity (Wildman–Crippen MR) is 85.5 cm³/mol. The third-order valence-electron chi connectivity index (χ3n) is 4.52. The molecular formula is C17H25N3O2. The molecule has 1 aromatic rings. The number of morpholine rings is 1. The zero-order valence-corrected chi connectivity index (χ0v) is 13.1. The third kappa shape index (κ3) is 3.85. The van der Waals surface area contributed by atoms with Gasteiger partial charge < -0.3 is 15.4 Å². The van der Waals surface area contributed by atoms with Gasteiger partial charge in [0.25, 0.3) is 0 Å². The minimum Gasteiger partial charge on any atom is -0.378 e. The second-order valence-corrected chi connectivity index (χ2v) is 6.29. The Hall–Kier alpha value is -1.43. The minimum absolute atomic E-state index is 0.0680. The molecule has 0 radical (unpaired) electrons. The highest BCUT2D eigenvalue weighted by Gasteiger charge is 2.31. The topological polar surface area (TPSA) is 53.6 Å². The van der Waals surface area contributed by atoms with Crippen LogP contribution in [0.4, 0.5) is 0 Å². The smallest absolute Gasteiger partial charge is 0.239 e. The van der Waals surface area contributed by atoms with Crippen LogP contribution in [-0.4, -0.2) is 55.2 Å². The molecule has 1 aromatic carbocycles. The molecule has 3 atom stereocenters. The summed E-state index contributed by atoms with van der Waals surface area (Å²) >= 11 is 0. The number of amides is 1. The Balaban J connectivity index is 1.51. The van der Waals surface area contributed by atoms with Crippen molar-refractivity contribution in [2.45, 2.75) is 38.0 Å². The highest BCUT2D eigenvalue weighted by Crippen LogP contribution is 2.20. The van der Waals surface area contributed by atoms with E-state index in [0.29, 0.717) is 19.3 Å². The highest BCUT2D eigenvalue weighted by molar-refractivity contribution is 5.82. The summed E-state index contributed by atoms with van der Waals surface area (Å²) in [7, 11) is 0. The van der Waals surface area contributed by atoms with Gasteiger partial charge in [-0.15, -0.1) is 0 Å². The number of carbonyl (C=O) groups is 1. The van der Waals surface area contributed by atoms with Crippen LogP contribution >= 0.6 is 0 Å². The first-order chi connectivity index (χ1) is 10.7. The van der Waals surface area contributed by atoms with Crippen LogP contribution in [0.15, 0.2) is 30.3 Å². The van der Waals surface area contributed by atoms with Crippen LogP contribution in [0.1, 0.15) is 18.9 Å². The Morgan fingerprint density at radius 3 is 2.95 bits per heavy atom. The molecule has 1 amide bonds. The van der Waals surface area contributed by atoms with Crippen LogP contribution in [0.5, 0.6) is 0 Å². The monoisotopic (exact) mass is 303 g/mol. The van der Waals surface area contributed by atoms with Crippen LogP contribution in [-0.2, 0) is 16.1 Å². The highest BCUT2D eigenvalue weighted by atomic mass is 16.5. The Bertz CT molecular complexity index is 488. The van der Waals surface area contributed by atoms with Crippen molar-refractivity contribution >= 4 is 5.91 Å². The molecule has 120 valence electrons. The number of carbonyl (C=O) groups excluding carboxylic acids is 1. The van der Waals surface area contributed by atoms with Crippen LogP contribution in [0.2, 0.25) is 0 Å². The van der Waals surface area contributed by atoms with Gasteiger partial charge in [0.15, 0.2) is 0 Å². The van der Waals surface area contributed by atoms with Crippen molar-refractivity contribution in [2.75, 3.05) is 26.3 Å². The van der Waals surface area contributed by atoms with Gasteiger partial charge in [-0.25, -0.2) is 0 Å². The van der Waals surface area contributed by atoms with E-state index >= 15 is 0 Å². The molecule has 2 N–H and O–H groups in total. The second-order valence-electron chi connectivity index (χ2n) is 6.29. The van der Waals surface area contributed by atoms with Crippen molar-refractivity contribution in [3.05, 3.63) is 35.9 Å². The van der Waals surface area contributed by atoms with E-state index in [1.807, 2.05) is 6.07 Å². The number of likely N-dealkylation sites (tertiary alicyclic amines) is 1. The van der Waals surface area contributed by atoms with E-state index in [9.17, 15) is 4.79 Å². The van der Waals surface area contributed by atoms with E-state index in [-0.39, 0.29) is 18.0 Å². The largest absolute Gasteiger partial charge is 0.378 e. The molecule has 0 saturated carbocycles. The quantitative estimate of drug-likeness (QED) is 0.862. The van der Waals surface area contributed by atoms with Gasteiger partial charge in [-0.2, -0.15) is 0 Å². The molecule has 0 bridgehead atoms. The first-order valence-corrected chi connectivity index (χ1v) is 8.12. The fraction of sp³-hybridized carbons (Fsp3) is 0.588. The summed E-state index contributed by atoms with van der Waals surface area (Å²) in [6.45, 7) is 6.00. The summed E-state index contributed by atoms with van der Waals surface area (Å²) in [6, 6.07) is 11.0. The first-order valence-electron chi connectivity index (χ1n) is 8.12. The molecular weight excluding hydrogens is 278 g/mol. The van der Waals surface area contributed by atoms with Crippen LogP contribution in [0.25, 0.3) is 0 Å². The van der Waals surface area contributed by atoms with Crippen molar-refractivity contribution in [1.82, 2.24) is 15.5 Å². The molecule has 5 nitrogen and oxygen atoms in total. The second kappa shape index (κ2) is 7.22. The molecule has 2 saturated heterocycles. The summed E-state index contributed by atoms with van der Waals surface area (Å²) in [4.78, 5) is 14.7. The van der Waals surface area contributed by atoms with Gasteiger partial charge in [0.1, 0.15) is 6.04 Å². The summed E-state index contributed by atoms with van der Waals surface area (Å²) in [5.41, 5.74) is 1.32. The lowest BCUT2D eigenvalue weighted by Crippen LogP contribution is -2.53. The van der Waals surface area contributed by atoms with Crippen molar-refractivity contribution in [3.63, 3.8) is 0 Å². The number of hydrogen-bond acceptors (Lipinski definition) is 4. The molecule has 3 rings (SSSR count). The van der Waals surface area contributed by atoms with Gasteiger partial charge in [-0.1, -0.05) is 30.3 Å². The molecule has 2 heterocycles. The van der Waals surface area contributed by atoms with Crippen molar-refractivity contribution in [1.29, 1.82) is 0 Å². The van der Waals surface area contributed by atoms with E-state index < -0.39 is 0 Å². The van der Waals surface area contributed by atoms with Gasteiger partial charge in [-0.3, -0.25) is 9.69 Å². The van der Waals surface area contributed by atoms with Gasteiger partial charge in [0.2, 0.25) is 5.91 Å². The van der Waals surface area contributed by atoms with Gasteiger partial charge in [0.05, 0.1) is 13.2 Å².